The van der Waals surface area contributed by atoms with Gasteiger partial charge in [-0.2, -0.15) is 0 Å². The first-order chi connectivity index (χ1) is 10.6. The Morgan fingerprint density at radius 3 is 2.73 bits per heavy atom. The average molecular weight is 297 g/mol. The number of carbonyl (C=O) groups is 1. The van der Waals surface area contributed by atoms with Crippen LogP contribution in [0, 0.1) is 20.8 Å². The molecule has 7 nitrogen and oxygen atoms in total. The van der Waals surface area contributed by atoms with Gasteiger partial charge in [0.1, 0.15) is 17.8 Å². The lowest BCUT2D eigenvalue weighted by Crippen LogP contribution is -2.14. The maximum absolute atomic E-state index is 12.4. The number of nitrogens with one attached hydrogen (secondary N) is 1. The van der Waals surface area contributed by atoms with Crippen molar-refractivity contribution in [1.82, 2.24) is 20.2 Å². The molecule has 0 spiro atoms. The lowest BCUT2D eigenvalue weighted by Gasteiger charge is -2.11. The van der Waals surface area contributed by atoms with E-state index in [0.29, 0.717) is 22.8 Å². The van der Waals surface area contributed by atoms with Gasteiger partial charge >= 0.3 is 0 Å². The van der Waals surface area contributed by atoms with Crippen LogP contribution < -0.4 is 5.32 Å². The van der Waals surface area contributed by atoms with Gasteiger partial charge in [-0.1, -0.05) is 6.07 Å². The summed E-state index contributed by atoms with van der Waals surface area (Å²) in [5.41, 5.74) is 2.92. The molecule has 0 saturated carbocycles. The van der Waals surface area contributed by atoms with Gasteiger partial charge in [0.05, 0.1) is 11.3 Å². The minimum absolute atomic E-state index is 0.202. The zero-order valence-electron chi connectivity index (χ0n) is 12.5. The lowest BCUT2D eigenvalue weighted by atomic mass is 10.1. The number of furan rings is 1. The second kappa shape index (κ2) is 5.44. The molecule has 112 valence electrons. The van der Waals surface area contributed by atoms with E-state index in [4.69, 9.17) is 4.42 Å². The summed E-state index contributed by atoms with van der Waals surface area (Å²) in [6.07, 6.45) is 1.51. The lowest BCUT2D eigenvalue weighted by molar-refractivity contribution is 0.102. The molecule has 0 atom stereocenters. The first kappa shape index (κ1) is 14.0. The smallest absolute Gasteiger partial charge is 0.259 e. The van der Waals surface area contributed by atoms with Crippen LogP contribution in [0.25, 0.3) is 5.69 Å². The van der Waals surface area contributed by atoms with Crippen LogP contribution in [0.4, 0.5) is 5.69 Å². The van der Waals surface area contributed by atoms with Crippen LogP contribution in [-0.4, -0.2) is 26.1 Å². The molecule has 0 aliphatic heterocycles. The van der Waals surface area contributed by atoms with Crippen molar-refractivity contribution in [2.45, 2.75) is 20.8 Å². The Balaban J connectivity index is 1.92. The van der Waals surface area contributed by atoms with E-state index in [0.717, 1.165) is 11.3 Å². The SMILES string of the molecule is Cc1cc(C(=O)Nc2cccc(-n3cnnn3)c2C)c(C)o1. The highest BCUT2D eigenvalue weighted by Crippen LogP contribution is 2.23. The van der Waals surface area contributed by atoms with Gasteiger partial charge in [-0.3, -0.25) is 4.79 Å². The minimum atomic E-state index is -0.202. The van der Waals surface area contributed by atoms with Gasteiger partial charge in [0.15, 0.2) is 0 Å². The number of hydrogen-bond acceptors (Lipinski definition) is 5. The molecule has 0 unspecified atom stereocenters. The van der Waals surface area contributed by atoms with Crippen molar-refractivity contribution in [3.8, 4) is 5.69 Å². The predicted molar refractivity (Wildman–Crippen MR) is 80.0 cm³/mol. The fraction of sp³-hybridized carbons (Fsp3) is 0.200. The topological polar surface area (TPSA) is 85.8 Å². The molecule has 3 rings (SSSR count). The van der Waals surface area contributed by atoms with Gasteiger partial charge in [-0.05, 0) is 55.0 Å². The van der Waals surface area contributed by atoms with Crippen LogP contribution in [0.3, 0.4) is 0 Å². The minimum Gasteiger partial charge on any atom is -0.466 e. The van der Waals surface area contributed by atoms with Crippen LogP contribution >= 0.6 is 0 Å². The normalized spacial score (nSPS) is 10.7. The maximum atomic E-state index is 12.4. The van der Waals surface area contributed by atoms with Crippen molar-refractivity contribution in [2.75, 3.05) is 5.32 Å². The van der Waals surface area contributed by atoms with Crippen LogP contribution in [-0.2, 0) is 0 Å². The number of carbonyl (C=O) groups excluding carboxylic acids is 1. The van der Waals surface area contributed by atoms with E-state index in [2.05, 4.69) is 20.8 Å². The number of tetrazole rings is 1. The van der Waals surface area contributed by atoms with E-state index < -0.39 is 0 Å². The number of nitrogens with zero attached hydrogens (tertiary/aromatic N) is 4. The predicted octanol–water partition coefficient (Wildman–Crippen LogP) is 2.43. The summed E-state index contributed by atoms with van der Waals surface area (Å²) in [5, 5.41) is 14.0. The van der Waals surface area contributed by atoms with Crippen LogP contribution in [0.1, 0.15) is 27.4 Å². The molecule has 2 aromatic heterocycles. The van der Waals surface area contributed by atoms with Crippen LogP contribution in [0.2, 0.25) is 0 Å². The van der Waals surface area contributed by atoms with E-state index in [-0.39, 0.29) is 5.91 Å². The summed E-state index contributed by atoms with van der Waals surface area (Å²) in [6, 6.07) is 7.29. The van der Waals surface area contributed by atoms with Crippen molar-refractivity contribution in [1.29, 1.82) is 0 Å². The Morgan fingerprint density at radius 1 is 1.27 bits per heavy atom. The molecule has 3 aromatic rings. The molecule has 0 aliphatic carbocycles. The largest absolute Gasteiger partial charge is 0.466 e. The zero-order valence-corrected chi connectivity index (χ0v) is 12.5. The van der Waals surface area contributed by atoms with E-state index in [9.17, 15) is 4.79 Å². The van der Waals surface area contributed by atoms with Gasteiger partial charge in [0.25, 0.3) is 5.91 Å². The number of rotatable bonds is 3. The van der Waals surface area contributed by atoms with Crippen molar-refractivity contribution in [3.63, 3.8) is 0 Å². The second-order valence-electron chi connectivity index (χ2n) is 4.99. The third-order valence-electron chi connectivity index (χ3n) is 3.43. The maximum Gasteiger partial charge on any atom is 0.259 e. The first-order valence-corrected chi connectivity index (χ1v) is 6.77. The molecule has 0 bridgehead atoms. The highest BCUT2D eigenvalue weighted by molar-refractivity contribution is 6.05. The first-order valence-electron chi connectivity index (χ1n) is 6.77. The quantitative estimate of drug-likeness (QED) is 0.802. The van der Waals surface area contributed by atoms with Gasteiger partial charge in [0.2, 0.25) is 0 Å². The van der Waals surface area contributed by atoms with Crippen molar-refractivity contribution in [2.24, 2.45) is 0 Å². The monoisotopic (exact) mass is 297 g/mol. The molecule has 2 heterocycles. The third kappa shape index (κ3) is 2.48. The number of aromatic nitrogens is 4. The summed E-state index contributed by atoms with van der Waals surface area (Å²) in [7, 11) is 0. The summed E-state index contributed by atoms with van der Waals surface area (Å²) in [6.45, 7) is 5.49. The summed E-state index contributed by atoms with van der Waals surface area (Å²) < 4.78 is 6.95. The summed E-state index contributed by atoms with van der Waals surface area (Å²) >= 11 is 0. The van der Waals surface area contributed by atoms with Crippen LogP contribution in [0.5, 0.6) is 0 Å². The number of aryl methyl sites for hydroxylation is 2. The Labute approximate surface area is 126 Å². The molecule has 0 aliphatic rings. The van der Waals surface area contributed by atoms with E-state index in [1.165, 1.54) is 6.33 Å². The standard InChI is InChI=1S/C15H15N5O2/c1-9-7-12(11(3)22-9)15(21)17-13-5-4-6-14(10(13)2)20-8-16-18-19-20/h4-8H,1-3H3,(H,17,21). The molecule has 1 N–H and O–H groups in total. The van der Waals surface area contributed by atoms with Gasteiger partial charge in [-0.15, -0.1) is 5.10 Å². The molecule has 0 radical (unpaired) electrons. The molecule has 0 fully saturated rings. The molecule has 1 amide bonds. The molecular formula is C15H15N5O2. The van der Waals surface area contributed by atoms with E-state index >= 15 is 0 Å². The average Bonchev–Trinajstić information content (AvgIpc) is 3.10. The number of hydrogen-bond donors (Lipinski definition) is 1. The Hall–Kier alpha value is -2.96. The molecule has 7 heteroatoms. The van der Waals surface area contributed by atoms with Crippen molar-refractivity contribution < 1.29 is 9.21 Å². The molecule has 0 saturated heterocycles. The number of benzene rings is 1. The highest BCUT2D eigenvalue weighted by Gasteiger charge is 2.15. The van der Waals surface area contributed by atoms with Crippen molar-refractivity contribution in [3.05, 3.63) is 53.2 Å². The Bertz CT molecular complexity index is 821. The molecule has 1 aromatic carbocycles. The van der Waals surface area contributed by atoms with Crippen LogP contribution in [0.15, 0.2) is 35.0 Å². The Morgan fingerprint density at radius 2 is 2.09 bits per heavy atom. The molecule has 22 heavy (non-hydrogen) atoms. The highest BCUT2D eigenvalue weighted by atomic mass is 16.3. The Kier molecular flexibility index (Phi) is 3.46. The van der Waals surface area contributed by atoms with E-state index in [1.54, 1.807) is 17.7 Å². The number of amides is 1. The summed E-state index contributed by atoms with van der Waals surface area (Å²) in [4.78, 5) is 12.4. The molecular weight excluding hydrogens is 282 g/mol. The van der Waals surface area contributed by atoms with Crippen molar-refractivity contribution >= 4 is 11.6 Å². The van der Waals surface area contributed by atoms with Gasteiger partial charge < -0.3 is 9.73 Å². The van der Waals surface area contributed by atoms with Gasteiger partial charge in [0, 0.05) is 5.69 Å². The number of anilines is 1. The fourth-order valence-corrected chi connectivity index (χ4v) is 2.32. The third-order valence-corrected chi connectivity index (χ3v) is 3.43. The second-order valence-corrected chi connectivity index (χ2v) is 4.99. The van der Waals surface area contributed by atoms with Gasteiger partial charge in [-0.25, -0.2) is 4.68 Å². The summed E-state index contributed by atoms with van der Waals surface area (Å²) in [5.74, 6) is 1.11. The fourth-order valence-electron chi connectivity index (χ4n) is 2.32. The zero-order chi connectivity index (χ0) is 15.7. The van der Waals surface area contributed by atoms with E-state index in [1.807, 2.05) is 32.0 Å².